The number of carbonyl (C=O) groups excluding carboxylic acids is 1. The van der Waals surface area contributed by atoms with E-state index in [-0.39, 0.29) is 29.9 Å². The van der Waals surface area contributed by atoms with Crippen LogP contribution in [0.2, 0.25) is 0 Å². The number of amides is 1. The van der Waals surface area contributed by atoms with Crippen molar-refractivity contribution in [3.05, 3.63) is 41.7 Å². The van der Waals surface area contributed by atoms with E-state index in [1.54, 1.807) is 18.5 Å². The fourth-order valence-electron chi connectivity index (χ4n) is 3.76. The maximum Gasteiger partial charge on any atom is 0.262 e. The van der Waals surface area contributed by atoms with Crippen LogP contribution >= 0.6 is 11.3 Å². The molecule has 33 heavy (non-hydrogen) atoms. The zero-order valence-corrected chi connectivity index (χ0v) is 20.4. The van der Waals surface area contributed by atoms with Crippen molar-refractivity contribution in [1.82, 2.24) is 18.8 Å². The van der Waals surface area contributed by atoms with Gasteiger partial charge in [0.2, 0.25) is 5.91 Å². The van der Waals surface area contributed by atoms with Gasteiger partial charge in [-0.3, -0.25) is 4.79 Å². The zero-order chi connectivity index (χ0) is 23.6. The number of nitrogens with one attached hydrogen (secondary N) is 1. The van der Waals surface area contributed by atoms with E-state index in [9.17, 15) is 13.2 Å². The summed E-state index contributed by atoms with van der Waals surface area (Å²) in [5.41, 5.74) is 1.62. The molecule has 176 valence electrons. The molecule has 2 aromatic heterocycles. The van der Waals surface area contributed by atoms with E-state index in [1.807, 2.05) is 36.6 Å². The van der Waals surface area contributed by atoms with Gasteiger partial charge in [0, 0.05) is 43.2 Å². The summed E-state index contributed by atoms with van der Waals surface area (Å²) < 4.78 is 34.5. The van der Waals surface area contributed by atoms with Gasteiger partial charge >= 0.3 is 0 Å². The third-order valence-corrected chi connectivity index (χ3v) is 8.24. The largest absolute Gasteiger partial charge is 0.493 e. The van der Waals surface area contributed by atoms with Crippen LogP contribution in [0.4, 0.5) is 5.13 Å². The van der Waals surface area contributed by atoms with Gasteiger partial charge in [0.25, 0.3) is 10.0 Å². The molecule has 0 spiro atoms. The zero-order valence-electron chi connectivity index (χ0n) is 18.8. The molecule has 0 saturated carbocycles. The van der Waals surface area contributed by atoms with Gasteiger partial charge in [0.1, 0.15) is 11.6 Å². The Morgan fingerprint density at radius 2 is 1.97 bits per heavy atom. The van der Waals surface area contributed by atoms with Crippen molar-refractivity contribution in [2.75, 3.05) is 25.0 Å². The van der Waals surface area contributed by atoms with Gasteiger partial charge in [-0.1, -0.05) is 12.1 Å². The molecular weight excluding hydrogens is 462 g/mol. The van der Waals surface area contributed by atoms with Gasteiger partial charge < -0.3 is 14.6 Å². The lowest BCUT2D eigenvalue weighted by molar-refractivity contribution is -0.120. The van der Waals surface area contributed by atoms with Gasteiger partial charge in [-0.25, -0.2) is 18.4 Å². The first-order valence-electron chi connectivity index (χ1n) is 10.8. The van der Waals surface area contributed by atoms with E-state index in [0.717, 1.165) is 17.0 Å². The number of thiazole rings is 1. The third-order valence-electron chi connectivity index (χ3n) is 5.71. The topological polar surface area (TPSA) is 106 Å². The molecule has 1 aliphatic heterocycles. The Kier molecular flexibility index (Phi) is 6.82. The van der Waals surface area contributed by atoms with Gasteiger partial charge in [-0.2, -0.15) is 4.31 Å². The molecule has 11 heteroatoms. The minimum absolute atomic E-state index is 0.0491. The van der Waals surface area contributed by atoms with Crippen LogP contribution in [0.3, 0.4) is 0 Å². The highest BCUT2D eigenvalue weighted by atomic mass is 32.2. The average Bonchev–Trinajstić information content (AvgIpc) is 3.41. The summed E-state index contributed by atoms with van der Waals surface area (Å²) in [5.74, 6) is 0.971. The molecule has 0 aliphatic carbocycles. The number of anilines is 1. The number of sulfonamides is 1. The number of hydrogen-bond acceptors (Lipinski definition) is 7. The Morgan fingerprint density at radius 1 is 1.24 bits per heavy atom. The summed E-state index contributed by atoms with van der Waals surface area (Å²) in [6.45, 7) is 4.80. The van der Waals surface area contributed by atoms with Crippen molar-refractivity contribution in [2.45, 2.75) is 31.7 Å². The molecule has 3 heterocycles. The predicted molar refractivity (Wildman–Crippen MR) is 127 cm³/mol. The number of nitrogens with zero attached hydrogens (tertiary/aromatic N) is 4. The lowest BCUT2D eigenvalue weighted by Gasteiger charge is -2.29. The van der Waals surface area contributed by atoms with Gasteiger partial charge in [0.05, 0.1) is 12.3 Å². The molecule has 1 amide bonds. The van der Waals surface area contributed by atoms with Gasteiger partial charge in [-0.15, -0.1) is 11.3 Å². The predicted octanol–water partition coefficient (Wildman–Crippen LogP) is 3.29. The number of piperidine rings is 1. The molecule has 1 aliphatic rings. The molecule has 9 nitrogen and oxygen atoms in total. The van der Waals surface area contributed by atoms with Crippen LogP contribution in [-0.4, -0.2) is 52.9 Å². The Morgan fingerprint density at radius 3 is 2.64 bits per heavy atom. The number of aryl methyl sites for hydroxylation is 2. The number of benzene rings is 1. The molecule has 0 radical (unpaired) electrons. The second-order valence-electron chi connectivity index (χ2n) is 7.87. The SMILES string of the molecule is CCOc1ccccc1-c1csc(NC(=O)C2CCN(S(=O)(=O)c3cn(C)c(C)n3)CC2)n1. The average molecular weight is 490 g/mol. The van der Waals surface area contributed by atoms with E-state index in [2.05, 4.69) is 15.3 Å². The second kappa shape index (κ2) is 9.62. The fraction of sp³-hybridized carbons (Fsp3) is 0.409. The molecule has 1 saturated heterocycles. The highest BCUT2D eigenvalue weighted by molar-refractivity contribution is 7.89. The minimum Gasteiger partial charge on any atom is -0.493 e. The van der Waals surface area contributed by atoms with Crippen molar-refractivity contribution in [3.63, 3.8) is 0 Å². The lowest BCUT2D eigenvalue weighted by Crippen LogP contribution is -2.41. The second-order valence-corrected chi connectivity index (χ2v) is 10.6. The van der Waals surface area contributed by atoms with Gasteiger partial charge in [-0.05, 0) is 38.8 Å². The minimum atomic E-state index is -3.66. The van der Waals surface area contributed by atoms with E-state index < -0.39 is 10.0 Å². The Labute approximate surface area is 197 Å². The molecule has 3 aromatic rings. The standard InChI is InChI=1S/C22H27N5O4S2/c1-4-31-19-8-6-5-7-17(19)18-14-32-22(24-18)25-21(28)16-9-11-27(12-10-16)33(29,30)20-13-26(3)15(2)23-20/h5-8,13-14,16H,4,9-12H2,1-3H3,(H,24,25,28). The number of para-hydroxylation sites is 1. The van der Waals surface area contributed by atoms with Crippen molar-refractivity contribution in [2.24, 2.45) is 13.0 Å². The first-order valence-corrected chi connectivity index (χ1v) is 13.1. The van der Waals surface area contributed by atoms with E-state index >= 15 is 0 Å². The number of carbonyl (C=O) groups is 1. The van der Waals surface area contributed by atoms with Crippen LogP contribution in [0.15, 0.2) is 40.9 Å². The van der Waals surface area contributed by atoms with E-state index in [0.29, 0.717) is 30.4 Å². The third kappa shape index (κ3) is 4.94. The molecule has 1 fully saturated rings. The molecule has 0 atom stereocenters. The van der Waals surface area contributed by atoms with Crippen LogP contribution in [0.1, 0.15) is 25.6 Å². The number of aromatic nitrogens is 3. The fourth-order valence-corrected chi connectivity index (χ4v) is 5.97. The summed E-state index contributed by atoms with van der Waals surface area (Å²) in [4.78, 5) is 21.5. The summed E-state index contributed by atoms with van der Waals surface area (Å²) in [6.07, 6.45) is 2.41. The van der Waals surface area contributed by atoms with Crippen LogP contribution in [0, 0.1) is 12.8 Å². The molecule has 1 aromatic carbocycles. The van der Waals surface area contributed by atoms with E-state index in [1.165, 1.54) is 21.8 Å². The molecule has 4 rings (SSSR count). The molecule has 1 N–H and O–H groups in total. The van der Waals surface area contributed by atoms with Crippen molar-refractivity contribution in [3.8, 4) is 17.0 Å². The first-order chi connectivity index (χ1) is 15.8. The van der Waals surface area contributed by atoms with Crippen molar-refractivity contribution < 1.29 is 17.9 Å². The normalized spacial score (nSPS) is 15.5. The van der Waals surface area contributed by atoms with Crippen LogP contribution < -0.4 is 10.1 Å². The summed E-state index contributed by atoms with van der Waals surface area (Å²) in [6, 6.07) is 7.66. The van der Waals surface area contributed by atoms with Crippen LogP contribution in [-0.2, 0) is 21.9 Å². The summed E-state index contributed by atoms with van der Waals surface area (Å²) in [7, 11) is -1.90. The number of hydrogen-bond donors (Lipinski definition) is 1. The Balaban J connectivity index is 1.37. The molecule has 0 unspecified atom stereocenters. The Bertz CT molecular complexity index is 1220. The van der Waals surface area contributed by atoms with Gasteiger partial charge in [0.15, 0.2) is 10.2 Å². The van der Waals surface area contributed by atoms with Crippen LogP contribution in [0.25, 0.3) is 11.3 Å². The Hall–Kier alpha value is -2.76. The quantitative estimate of drug-likeness (QED) is 0.546. The smallest absolute Gasteiger partial charge is 0.262 e. The van der Waals surface area contributed by atoms with Crippen LogP contribution in [0.5, 0.6) is 5.75 Å². The highest BCUT2D eigenvalue weighted by Crippen LogP contribution is 2.32. The number of ether oxygens (including phenoxy) is 1. The monoisotopic (exact) mass is 489 g/mol. The maximum absolute atomic E-state index is 12.9. The number of rotatable bonds is 7. The van der Waals surface area contributed by atoms with Crippen molar-refractivity contribution >= 4 is 32.4 Å². The van der Waals surface area contributed by atoms with E-state index in [4.69, 9.17) is 4.74 Å². The lowest BCUT2D eigenvalue weighted by atomic mass is 9.97. The highest BCUT2D eigenvalue weighted by Gasteiger charge is 2.33. The van der Waals surface area contributed by atoms with Crippen molar-refractivity contribution in [1.29, 1.82) is 0 Å². The molecule has 0 bridgehead atoms. The molecular formula is C22H27N5O4S2. The summed E-state index contributed by atoms with van der Waals surface area (Å²) in [5, 5.41) is 5.34. The maximum atomic E-state index is 12.9. The first kappa shape index (κ1) is 23.4. The number of imidazole rings is 1. The summed E-state index contributed by atoms with van der Waals surface area (Å²) >= 11 is 1.35.